The third kappa shape index (κ3) is 1.93. The van der Waals surface area contributed by atoms with E-state index in [0.29, 0.717) is 0 Å². The second-order valence-corrected chi connectivity index (χ2v) is 4.71. The molecule has 2 heterocycles. The zero-order chi connectivity index (χ0) is 13.4. The van der Waals surface area contributed by atoms with Gasteiger partial charge in [-0.3, -0.25) is 9.78 Å². The summed E-state index contributed by atoms with van der Waals surface area (Å²) >= 11 is 0. The average molecular weight is 250 g/mol. The SMILES string of the molecule is CC(=O)c1c[nH]c2ccc(-c3ccncc3C)cc12. The highest BCUT2D eigenvalue weighted by atomic mass is 16.1. The van der Waals surface area contributed by atoms with Crippen LogP contribution >= 0.6 is 0 Å². The molecule has 0 radical (unpaired) electrons. The van der Waals surface area contributed by atoms with E-state index in [4.69, 9.17) is 0 Å². The summed E-state index contributed by atoms with van der Waals surface area (Å²) in [6.07, 6.45) is 5.41. The Morgan fingerprint density at radius 3 is 2.84 bits per heavy atom. The summed E-state index contributed by atoms with van der Waals surface area (Å²) in [5.41, 5.74) is 5.10. The molecule has 0 unspecified atom stereocenters. The molecule has 0 aliphatic heterocycles. The summed E-state index contributed by atoms with van der Waals surface area (Å²) in [5, 5.41) is 0.973. The molecular weight excluding hydrogens is 236 g/mol. The van der Waals surface area contributed by atoms with Crippen LogP contribution in [-0.4, -0.2) is 15.8 Å². The van der Waals surface area contributed by atoms with Crippen molar-refractivity contribution in [2.24, 2.45) is 0 Å². The lowest BCUT2D eigenvalue weighted by Crippen LogP contribution is -1.89. The van der Waals surface area contributed by atoms with Crippen LogP contribution in [0.5, 0.6) is 0 Å². The van der Waals surface area contributed by atoms with Crippen molar-refractivity contribution in [1.82, 2.24) is 9.97 Å². The molecule has 0 saturated carbocycles. The van der Waals surface area contributed by atoms with E-state index in [-0.39, 0.29) is 5.78 Å². The van der Waals surface area contributed by atoms with Gasteiger partial charge in [0, 0.05) is 35.1 Å². The Morgan fingerprint density at radius 2 is 2.11 bits per heavy atom. The number of hydrogen-bond donors (Lipinski definition) is 1. The van der Waals surface area contributed by atoms with Gasteiger partial charge in [-0.15, -0.1) is 0 Å². The van der Waals surface area contributed by atoms with Crippen LogP contribution in [-0.2, 0) is 0 Å². The number of benzene rings is 1. The molecule has 3 aromatic rings. The van der Waals surface area contributed by atoms with Crippen molar-refractivity contribution in [3.8, 4) is 11.1 Å². The quantitative estimate of drug-likeness (QED) is 0.704. The topological polar surface area (TPSA) is 45.8 Å². The van der Waals surface area contributed by atoms with E-state index >= 15 is 0 Å². The first kappa shape index (κ1) is 11.7. The van der Waals surface area contributed by atoms with Crippen molar-refractivity contribution < 1.29 is 4.79 Å². The molecule has 0 atom stereocenters. The number of aromatic nitrogens is 2. The molecule has 0 aliphatic rings. The molecule has 0 amide bonds. The monoisotopic (exact) mass is 250 g/mol. The smallest absolute Gasteiger partial charge is 0.161 e. The largest absolute Gasteiger partial charge is 0.360 e. The van der Waals surface area contributed by atoms with Gasteiger partial charge < -0.3 is 4.98 Å². The fourth-order valence-corrected chi connectivity index (χ4v) is 2.38. The van der Waals surface area contributed by atoms with Gasteiger partial charge in [-0.1, -0.05) is 6.07 Å². The van der Waals surface area contributed by atoms with Crippen LogP contribution in [0.15, 0.2) is 42.9 Å². The molecule has 94 valence electrons. The molecule has 3 nitrogen and oxygen atoms in total. The lowest BCUT2D eigenvalue weighted by molar-refractivity contribution is 0.101. The number of ketones is 1. The number of pyridine rings is 1. The number of carbonyl (C=O) groups excluding carboxylic acids is 1. The molecule has 3 rings (SSSR count). The highest BCUT2D eigenvalue weighted by Gasteiger charge is 2.09. The molecule has 0 aliphatic carbocycles. The summed E-state index contributed by atoms with van der Waals surface area (Å²) in [5.74, 6) is 0.0786. The zero-order valence-electron chi connectivity index (χ0n) is 10.9. The van der Waals surface area contributed by atoms with E-state index in [9.17, 15) is 4.79 Å². The van der Waals surface area contributed by atoms with Gasteiger partial charge >= 0.3 is 0 Å². The number of rotatable bonds is 2. The van der Waals surface area contributed by atoms with Crippen LogP contribution < -0.4 is 0 Å². The van der Waals surface area contributed by atoms with Crippen molar-refractivity contribution in [1.29, 1.82) is 0 Å². The Morgan fingerprint density at radius 1 is 1.26 bits per heavy atom. The molecule has 19 heavy (non-hydrogen) atoms. The Bertz CT molecular complexity index is 771. The summed E-state index contributed by atoms with van der Waals surface area (Å²) < 4.78 is 0. The number of carbonyl (C=O) groups is 1. The summed E-state index contributed by atoms with van der Waals surface area (Å²) in [6, 6.07) is 8.13. The summed E-state index contributed by atoms with van der Waals surface area (Å²) in [4.78, 5) is 18.8. The van der Waals surface area contributed by atoms with E-state index in [2.05, 4.69) is 22.1 Å². The fourth-order valence-electron chi connectivity index (χ4n) is 2.38. The molecule has 0 bridgehead atoms. The number of H-pyrrole nitrogens is 1. The lowest BCUT2D eigenvalue weighted by atomic mass is 10.00. The normalized spacial score (nSPS) is 10.8. The molecule has 0 saturated heterocycles. The number of nitrogens with one attached hydrogen (secondary N) is 1. The molecule has 3 heteroatoms. The second kappa shape index (κ2) is 4.35. The van der Waals surface area contributed by atoms with E-state index in [1.54, 1.807) is 19.3 Å². The lowest BCUT2D eigenvalue weighted by Gasteiger charge is -2.05. The van der Waals surface area contributed by atoms with Gasteiger partial charge in [0.1, 0.15) is 0 Å². The Balaban J connectivity index is 2.24. The minimum Gasteiger partial charge on any atom is -0.360 e. The van der Waals surface area contributed by atoms with Gasteiger partial charge in [-0.05, 0) is 48.7 Å². The van der Waals surface area contributed by atoms with Crippen molar-refractivity contribution in [2.45, 2.75) is 13.8 Å². The molecular formula is C16H14N2O. The van der Waals surface area contributed by atoms with Crippen molar-refractivity contribution in [2.75, 3.05) is 0 Å². The van der Waals surface area contributed by atoms with Crippen LogP contribution in [0.4, 0.5) is 0 Å². The maximum absolute atomic E-state index is 11.6. The third-order valence-electron chi connectivity index (χ3n) is 3.39. The molecule has 0 spiro atoms. The highest BCUT2D eigenvalue weighted by molar-refractivity contribution is 6.07. The Kier molecular flexibility index (Phi) is 2.67. The molecule has 2 aromatic heterocycles. The minimum absolute atomic E-state index is 0.0786. The maximum Gasteiger partial charge on any atom is 0.161 e. The Labute approximate surface area is 111 Å². The van der Waals surface area contributed by atoms with Crippen molar-refractivity contribution in [3.63, 3.8) is 0 Å². The van der Waals surface area contributed by atoms with Crippen LogP contribution in [0, 0.1) is 6.92 Å². The first-order valence-electron chi connectivity index (χ1n) is 6.20. The number of aromatic amines is 1. The third-order valence-corrected chi connectivity index (χ3v) is 3.39. The predicted molar refractivity (Wildman–Crippen MR) is 76.3 cm³/mol. The average Bonchev–Trinajstić information content (AvgIpc) is 2.82. The number of fused-ring (bicyclic) bond motifs is 1. The van der Waals surface area contributed by atoms with Crippen molar-refractivity contribution in [3.05, 3.63) is 54.0 Å². The van der Waals surface area contributed by atoms with E-state index in [1.807, 2.05) is 25.3 Å². The first-order valence-corrected chi connectivity index (χ1v) is 6.20. The van der Waals surface area contributed by atoms with Crippen LogP contribution in [0.1, 0.15) is 22.8 Å². The van der Waals surface area contributed by atoms with E-state index < -0.39 is 0 Å². The van der Waals surface area contributed by atoms with Gasteiger partial charge in [-0.2, -0.15) is 0 Å². The summed E-state index contributed by atoms with van der Waals surface area (Å²) in [7, 11) is 0. The highest BCUT2D eigenvalue weighted by Crippen LogP contribution is 2.28. The number of hydrogen-bond acceptors (Lipinski definition) is 2. The number of Topliss-reactive ketones (excluding diaryl/α,β-unsaturated/α-hetero) is 1. The van der Waals surface area contributed by atoms with E-state index in [1.165, 1.54) is 0 Å². The standard InChI is InChI=1S/C16H14N2O/c1-10-8-17-6-5-13(10)12-3-4-16-14(7-12)15(9-18-16)11(2)19/h3-9,18H,1-2H3. The first-order chi connectivity index (χ1) is 9.16. The maximum atomic E-state index is 11.6. The zero-order valence-corrected chi connectivity index (χ0v) is 10.9. The molecule has 1 aromatic carbocycles. The Hall–Kier alpha value is -2.42. The second-order valence-electron chi connectivity index (χ2n) is 4.71. The van der Waals surface area contributed by atoms with Crippen molar-refractivity contribution >= 4 is 16.7 Å². The van der Waals surface area contributed by atoms with Gasteiger partial charge in [0.25, 0.3) is 0 Å². The molecule has 1 N–H and O–H groups in total. The number of aryl methyl sites for hydroxylation is 1. The van der Waals surface area contributed by atoms with Gasteiger partial charge in [0.15, 0.2) is 5.78 Å². The molecule has 0 fully saturated rings. The van der Waals surface area contributed by atoms with Gasteiger partial charge in [0.2, 0.25) is 0 Å². The predicted octanol–water partition coefficient (Wildman–Crippen LogP) is 3.74. The van der Waals surface area contributed by atoms with Gasteiger partial charge in [-0.25, -0.2) is 0 Å². The fraction of sp³-hybridized carbons (Fsp3) is 0.125. The van der Waals surface area contributed by atoms with Crippen LogP contribution in [0.2, 0.25) is 0 Å². The number of nitrogens with zero attached hydrogens (tertiary/aromatic N) is 1. The van der Waals surface area contributed by atoms with E-state index in [0.717, 1.165) is 33.2 Å². The summed E-state index contributed by atoms with van der Waals surface area (Å²) in [6.45, 7) is 3.63. The van der Waals surface area contributed by atoms with Crippen LogP contribution in [0.3, 0.4) is 0 Å². The minimum atomic E-state index is 0.0786. The van der Waals surface area contributed by atoms with Crippen LogP contribution in [0.25, 0.3) is 22.0 Å². The van der Waals surface area contributed by atoms with Gasteiger partial charge in [0.05, 0.1) is 0 Å².